The molecule has 1 aromatic rings. The van der Waals surface area contributed by atoms with E-state index in [1.54, 1.807) is 11.6 Å². The van der Waals surface area contributed by atoms with Gasteiger partial charge in [-0.15, -0.1) is 0 Å². The molecule has 0 aliphatic carbocycles. The largest absolute Gasteiger partial charge is 0.367 e. The molecule has 2 heterocycles. The van der Waals surface area contributed by atoms with Crippen LogP contribution in [0.5, 0.6) is 0 Å². The Morgan fingerprint density at radius 2 is 2.44 bits per heavy atom. The fourth-order valence-corrected chi connectivity index (χ4v) is 2.19. The molecule has 1 aliphatic rings. The molecule has 1 aliphatic heterocycles. The van der Waals surface area contributed by atoms with Crippen LogP contribution in [0.1, 0.15) is 19.8 Å². The highest BCUT2D eigenvalue weighted by atomic mass is 16.1. The second kappa shape index (κ2) is 4.55. The summed E-state index contributed by atoms with van der Waals surface area (Å²) in [7, 11) is 1.92. The van der Waals surface area contributed by atoms with Gasteiger partial charge in [0.25, 0.3) is 0 Å². The Morgan fingerprint density at radius 3 is 3.06 bits per heavy atom. The van der Waals surface area contributed by atoms with Crippen LogP contribution < -0.4 is 10.2 Å². The zero-order valence-corrected chi connectivity index (χ0v) is 9.81. The number of hydrogen-bond acceptors (Lipinski definition) is 3. The van der Waals surface area contributed by atoms with Crippen molar-refractivity contribution in [3.63, 3.8) is 0 Å². The molecule has 1 amide bonds. The molecule has 2 rings (SSSR count). The smallest absolute Gasteiger partial charge is 0.217 e. The summed E-state index contributed by atoms with van der Waals surface area (Å²) < 4.78 is 1.80. The average Bonchev–Trinajstić information content (AvgIpc) is 2.64. The molecular weight excluding hydrogens is 204 g/mol. The maximum atomic E-state index is 11.0. The number of carbonyl (C=O) groups is 1. The lowest BCUT2D eigenvalue weighted by Crippen LogP contribution is -2.47. The number of aryl methyl sites for hydroxylation is 1. The molecule has 0 saturated carbocycles. The maximum Gasteiger partial charge on any atom is 0.217 e. The van der Waals surface area contributed by atoms with Gasteiger partial charge in [0.15, 0.2) is 0 Å². The molecule has 1 saturated heterocycles. The first-order valence-corrected chi connectivity index (χ1v) is 5.66. The van der Waals surface area contributed by atoms with Crippen molar-refractivity contribution in [2.45, 2.75) is 25.8 Å². The van der Waals surface area contributed by atoms with Crippen LogP contribution in [-0.2, 0) is 11.8 Å². The number of nitrogens with zero attached hydrogens (tertiary/aromatic N) is 3. The van der Waals surface area contributed by atoms with Gasteiger partial charge in [0, 0.05) is 39.3 Å². The summed E-state index contributed by atoms with van der Waals surface area (Å²) in [6.45, 7) is 3.50. The van der Waals surface area contributed by atoms with Crippen molar-refractivity contribution in [2.75, 3.05) is 18.0 Å². The third-order valence-corrected chi connectivity index (χ3v) is 2.89. The summed E-state index contributed by atoms with van der Waals surface area (Å²) in [6.07, 6.45) is 6.06. The zero-order valence-electron chi connectivity index (χ0n) is 9.81. The fraction of sp³-hybridized carbons (Fsp3) is 0.636. The van der Waals surface area contributed by atoms with Gasteiger partial charge in [0.2, 0.25) is 5.91 Å². The molecular formula is C11H18N4O. The lowest BCUT2D eigenvalue weighted by molar-refractivity contribution is -0.119. The van der Waals surface area contributed by atoms with Crippen molar-refractivity contribution < 1.29 is 4.79 Å². The van der Waals surface area contributed by atoms with Crippen LogP contribution in [0.2, 0.25) is 0 Å². The molecule has 0 radical (unpaired) electrons. The molecule has 0 aromatic carbocycles. The van der Waals surface area contributed by atoms with Gasteiger partial charge in [-0.25, -0.2) is 0 Å². The Hall–Kier alpha value is -1.52. The Balaban J connectivity index is 1.99. The van der Waals surface area contributed by atoms with Gasteiger partial charge >= 0.3 is 0 Å². The number of hydrogen-bond donors (Lipinski definition) is 1. The molecule has 88 valence electrons. The van der Waals surface area contributed by atoms with Crippen LogP contribution in [-0.4, -0.2) is 34.8 Å². The van der Waals surface area contributed by atoms with Gasteiger partial charge in [-0.05, 0) is 12.8 Å². The van der Waals surface area contributed by atoms with E-state index in [2.05, 4.69) is 15.3 Å². The van der Waals surface area contributed by atoms with Crippen molar-refractivity contribution >= 4 is 11.6 Å². The monoisotopic (exact) mass is 222 g/mol. The number of anilines is 1. The van der Waals surface area contributed by atoms with Crippen LogP contribution in [0.25, 0.3) is 0 Å². The Kier molecular flexibility index (Phi) is 3.12. The molecule has 5 nitrogen and oxygen atoms in total. The predicted molar refractivity (Wildman–Crippen MR) is 62.3 cm³/mol. The lowest BCUT2D eigenvalue weighted by atomic mass is 10.1. The third-order valence-electron chi connectivity index (χ3n) is 2.89. The normalized spacial score (nSPS) is 20.9. The van der Waals surface area contributed by atoms with Crippen LogP contribution in [0.15, 0.2) is 12.4 Å². The van der Waals surface area contributed by atoms with Crippen LogP contribution in [0, 0.1) is 0 Å². The minimum absolute atomic E-state index is 0.0537. The molecule has 0 bridgehead atoms. The summed E-state index contributed by atoms with van der Waals surface area (Å²) in [5, 5.41) is 7.15. The zero-order chi connectivity index (χ0) is 11.5. The highest BCUT2D eigenvalue weighted by Gasteiger charge is 2.21. The second-order valence-corrected chi connectivity index (χ2v) is 4.36. The summed E-state index contributed by atoms with van der Waals surface area (Å²) in [4.78, 5) is 13.3. The fourth-order valence-electron chi connectivity index (χ4n) is 2.19. The van der Waals surface area contributed by atoms with Crippen molar-refractivity contribution in [3.05, 3.63) is 12.4 Å². The van der Waals surface area contributed by atoms with Gasteiger partial charge < -0.3 is 10.2 Å². The van der Waals surface area contributed by atoms with E-state index in [-0.39, 0.29) is 11.9 Å². The molecule has 1 atom stereocenters. The molecule has 0 spiro atoms. The van der Waals surface area contributed by atoms with Gasteiger partial charge in [0.05, 0.1) is 11.9 Å². The lowest BCUT2D eigenvalue weighted by Gasteiger charge is -2.33. The summed E-state index contributed by atoms with van der Waals surface area (Å²) in [5.74, 6) is 0.0537. The summed E-state index contributed by atoms with van der Waals surface area (Å²) >= 11 is 0. The van der Waals surface area contributed by atoms with E-state index in [9.17, 15) is 4.79 Å². The SMILES string of the molecule is CC(=O)NC1CCCN(c2cnn(C)c2)C1. The predicted octanol–water partition coefficient (Wildman–Crippen LogP) is 0.525. The highest BCUT2D eigenvalue weighted by molar-refractivity contribution is 5.73. The quantitative estimate of drug-likeness (QED) is 0.794. The number of nitrogens with one attached hydrogen (secondary N) is 1. The highest BCUT2D eigenvalue weighted by Crippen LogP contribution is 2.18. The van der Waals surface area contributed by atoms with Crippen LogP contribution in [0.4, 0.5) is 5.69 Å². The van der Waals surface area contributed by atoms with Crippen molar-refractivity contribution in [1.29, 1.82) is 0 Å². The van der Waals surface area contributed by atoms with Gasteiger partial charge in [-0.1, -0.05) is 0 Å². The Bertz CT molecular complexity index is 374. The van der Waals surface area contributed by atoms with Crippen LogP contribution in [0.3, 0.4) is 0 Å². The first-order valence-electron chi connectivity index (χ1n) is 5.66. The van der Waals surface area contributed by atoms with E-state index in [1.165, 1.54) is 0 Å². The van der Waals surface area contributed by atoms with Crippen molar-refractivity contribution in [3.8, 4) is 0 Å². The summed E-state index contributed by atoms with van der Waals surface area (Å²) in [5.41, 5.74) is 1.14. The third kappa shape index (κ3) is 2.53. The minimum atomic E-state index is 0.0537. The molecule has 1 unspecified atom stereocenters. The van der Waals surface area contributed by atoms with Gasteiger partial charge in [0.1, 0.15) is 0 Å². The first kappa shape index (κ1) is 11.0. The van der Waals surface area contributed by atoms with Crippen molar-refractivity contribution in [1.82, 2.24) is 15.1 Å². The van der Waals surface area contributed by atoms with Gasteiger partial charge in [-0.3, -0.25) is 9.48 Å². The van der Waals surface area contributed by atoms with Crippen LogP contribution >= 0.6 is 0 Å². The average molecular weight is 222 g/mol. The van der Waals surface area contributed by atoms with Gasteiger partial charge in [-0.2, -0.15) is 5.10 Å². The molecule has 5 heteroatoms. The van der Waals surface area contributed by atoms with E-state index < -0.39 is 0 Å². The van der Waals surface area contributed by atoms with E-state index in [1.807, 2.05) is 19.4 Å². The first-order chi connectivity index (χ1) is 7.65. The molecule has 1 aromatic heterocycles. The Morgan fingerprint density at radius 1 is 1.62 bits per heavy atom. The minimum Gasteiger partial charge on any atom is -0.367 e. The number of aromatic nitrogens is 2. The maximum absolute atomic E-state index is 11.0. The number of carbonyl (C=O) groups excluding carboxylic acids is 1. The number of piperidine rings is 1. The molecule has 1 N–H and O–H groups in total. The van der Waals surface area contributed by atoms with E-state index in [0.717, 1.165) is 31.6 Å². The van der Waals surface area contributed by atoms with E-state index >= 15 is 0 Å². The standard InChI is InChI=1S/C11H18N4O/c1-9(16)13-10-4-3-5-15(7-10)11-6-12-14(2)8-11/h6,8,10H,3-5,7H2,1-2H3,(H,13,16). The molecule has 1 fully saturated rings. The van der Waals surface area contributed by atoms with Crippen molar-refractivity contribution in [2.24, 2.45) is 7.05 Å². The summed E-state index contributed by atoms with van der Waals surface area (Å²) in [6, 6.07) is 0.270. The topological polar surface area (TPSA) is 50.2 Å². The Labute approximate surface area is 95.4 Å². The number of rotatable bonds is 2. The second-order valence-electron chi connectivity index (χ2n) is 4.36. The number of amides is 1. The van der Waals surface area contributed by atoms with E-state index in [0.29, 0.717) is 0 Å². The van der Waals surface area contributed by atoms with E-state index in [4.69, 9.17) is 0 Å². The molecule has 16 heavy (non-hydrogen) atoms.